The van der Waals surface area contributed by atoms with Crippen LogP contribution in [0.25, 0.3) is 0 Å². The lowest BCUT2D eigenvalue weighted by Gasteiger charge is -2.11. The van der Waals surface area contributed by atoms with Crippen LogP contribution in [0.1, 0.15) is 0 Å². The van der Waals surface area contributed by atoms with E-state index in [0.717, 1.165) is 18.3 Å². The molecule has 0 saturated heterocycles. The van der Waals surface area contributed by atoms with E-state index in [4.69, 9.17) is 29.0 Å². The molecule has 0 unspecified atom stereocenters. The van der Waals surface area contributed by atoms with Crippen LogP contribution in [0.5, 0.6) is 0 Å². The van der Waals surface area contributed by atoms with Crippen LogP contribution < -0.4 is 16.6 Å². The number of hydrazine groups is 1. The topological polar surface area (TPSA) is 75.9 Å². The van der Waals surface area contributed by atoms with Gasteiger partial charge in [-0.1, -0.05) is 23.2 Å². The number of halogens is 4. The smallest absolute Gasteiger partial charge is 0.239 e. The summed E-state index contributed by atoms with van der Waals surface area (Å²) in [5, 5.41) is 2.54. The van der Waals surface area contributed by atoms with Crippen LogP contribution in [-0.2, 0) is 0 Å². The Kier molecular flexibility index (Phi) is 3.98. The standard InChI is InChI=1S/C10H7Cl2F2N5/c11-5-1-4(13)2-6(12)8(5)17-9-7(14)3-16-10(18-9)19-15/h1-3H,15H2,(H2,16,17,18,19). The predicted octanol–water partition coefficient (Wildman–Crippen LogP) is 3.09. The number of anilines is 3. The molecule has 0 atom stereocenters. The van der Waals surface area contributed by atoms with E-state index in [0.29, 0.717) is 0 Å². The molecule has 2 aromatic rings. The number of benzene rings is 1. The Morgan fingerprint density at radius 1 is 1.16 bits per heavy atom. The Morgan fingerprint density at radius 3 is 2.37 bits per heavy atom. The van der Waals surface area contributed by atoms with Crippen molar-refractivity contribution in [2.75, 3.05) is 10.7 Å². The Hall–Kier alpha value is -1.70. The summed E-state index contributed by atoms with van der Waals surface area (Å²) in [6, 6.07) is 2.08. The fourth-order valence-electron chi connectivity index (χ4n) is 1.30. The molecule has 0 aliphatic rings. The average Bonchev–Trinajstić information content (AvgIpc) is 2.35. The lowest BCUT2D eigenvalue weighted by atomic mass is 10.3. The molecule has 4 N–H and O–H groups in total. The van der Waals surface area contributed by atoms with Crippen molar-refractivity contribution in [2.45, 2.75) is 0 Å². The number of nitrogens with one attached hydrogen (secondary N) is 2. The molecule has 0 spiro atoms. The van der Waals surface area contributed by atoms with Gasteiger partial charge in [0.15, 0.2) is 11.6 Å². The van der Waals surface area contributed by atoms with Crippen molar-refractivity contribution in [1.29, 1.82) is 0 Å². The number of nitrogen functional groups attached to an aromatic ring is 1. The van der Waals surface area contributed by atoms with Gasteiger partial charge in [-0.2, -0.15) is 4.98 Å². The summed E-state index contributed by atoms with van der Waals surface area (Å²) in [5.74, 6) is 3.57. The van der Waals surface area contributed by atoms with Crippen molar-refractivity contribution in [1.82, 2.24) is 9.97 Å². The highest BCUT2D eigenvalue weighted by molar-refractivity contribution is 6.39. The van der Waals surface area contributed by atoms with E-state index in [1.165, 1.54) is 0 Å². The van der Waals surface area contributed by atoms with E-state index < -0.39 is 11.6 Å². The highest BCUT2D eigenvalue weighted by atomic mass is 35.5. The van der Waals surface area contributed by atoms with Gasteiger partial charge in [-0.15, -0.1) is 0 Å². The van der Waals surface area contributed by atoms with Gasteiger partial charge in [0, 0.05) is 0 Å². The second kappa shape index (κ2) is 5.52. The summed E-state index contributed by atoms with van der Waals surface area (Å²) >= 11 is 11.6. The molecule has 1 aromatic carbocycles. The van der Waals surface area contributed by atoms with Crippen LogP contribution >= 0.6 is 23.2 Å². The monoisotopic (exact) mass is 305 g/mol. The summed E-state index contributed by atoms with van der Waals surface area (Å²) in [6.07, 6.45) is 0.913. The van der Waals surface area contributed by atoms with Crippen LogP contribution in [0.3, 0.4) is 0 Å². The summed E-state index contributed by atoms with van der Waals surface area (Å²) in [4.78, 5) is 7.32. The SMILES string of the molecule is NNc1ncc(F)c(Nc2c(Cl)cc(F)cc2Cl)n1. The van der Waals surface area contributed by atoms with Crippen LogP contribution in [0.4, 0.5) is 26.2 Å². The Bertz CT molecular complexity index is 600. The molecule has 5 nitrogen and oxygen atoms in total. The number of hydrogen-bond donors (Lipinski definition) is 3. The number of nitrogens with two attached hydrogens (primary N) is 1. The molecule has 0 bridgehead atoms. The highest BCUT2D eigenvalue weighted by Crippen LogP contribution is 2.33. The molecule has 1 heterocycles. The largest absolute Gasteiger partial charge is 0.335 e. The van der Waals surface area contributed by atoms with Crippen LogP contribution in [0.15, 0.2) is 18.3 Å². The summed E-state index contributed by atoms with van der Waals surface area (Å²) < 4.78 is 26.5. The molecule has 1 aromatic heterocycles. The van der Waals surface area contributed by atoms with E-state index in [9.17, 15) is 8.78 Å². The predicted molar refractivity (Wildman–Crippen MR) is 69.5 cm³/mol. The fourth-order valence-corrected chi connectivity index (χ4v) is 1.86. The second-order valence-electron chi connectivity index (χ2n) is 3.40. The first-order chi connectivity index (χ1) is 9.01. The maximum absolute atomic E-state index is 13.5. The second-order valence-corrected chi connectivity index (χ2v) is 4.22. The summed E-state index contributed by atoms with van der Waals surface area (Å²) in [7, 11) is 0. The molecule has 2 rings (SSSR count). The maximum atomic E-state index is 13.5. The lowest BCUT2D eigenvalue weighted by Crippen LogP contribution is -2.12. The van der Waals surface area contributed by atoms with Gasteiger partial charge < -0.3 is 5.32 Å². The summed E-state index contributed by atoms with van der Waals surface area (Å²) in [6.45, 7) is 0. The fraction of sp³-hybridized carbons (Fsp3) is 0. The summed E-state index contributed by atoms with van der Waals surface area (Å²) in [5.41, 5.74) is 2.29. The zero-order valence-electron chi connectivity index (χ0n) is 9.22. The normalized spacial score (nSPS) is 10.4. The van der Waals surface area contributed by atoms with Gasteiger partial charge in [0.1, 0.15) is 5.82 Å². The molecule has 19 heavy (non-hydrogen) atoms. The first-order valence-electron chi connectivity index (χ1n) is 4.92. The van der Waals surface area contributed by atoms with Crippen LogP contribution in [0.2, 0.25) is 10.0 Å². The number of aromatic nitrogens is 2. The van der Waals surface area contributed by atoms with Gasteiger partial charge in [-0.3, -0.25) is 5.43 Å². The molecule has 0 aliphatic heterocycles. The third-order valence-corrected chi connectivity index (χ3v) is 2.72. The minimum absolute atomic E-state index is 0.00161. The van der Waals surface area contributed by atoms with E-state index in [1.807, 2.05) is 0 Å². The maximum Gasteiger partial charge on any atom is 0.239 e. The molecular formula is C10H7Cl2F2N5. The average molecular weight is 306 g/mol. The van der Waals surface area contributed by atoms with Crippen molar-refractivity contribution in [3.63, 3.8) is 0 Å². The first-order valence-corrected chi connectivity index (χ1v) is 5.67. The number of nitrogens with zero attached hydrogens (tertiary/aromatic N) is 2. The van der Waals surface area contributed by atoms with Gasteiger partial charge in [0.05, 0.1) is 21.9 Å². The van der Waals surface area contributed by atoms with Gasteiger partial charge >= 0.3 is 0 Å². The van der Waals surface area contributed by atoms with E-state index in [-0.39, 0.29) is 27.5 Å². The molecule has 0 radical (unpaired) electrons. The zero-order valence-corrected chi connectivity index (χ0v) is 10.7. The lowest BCUT2D eigenvalue weighted by molar-refractivity contribution is 0.619. The molecule has 0 amide bonds. The van der Waals surface area contributed by atoms with Crippen molar-refractivity contribution in [2.24, 2.45) is 5.84 Å². The Morgan fingerprint density at radius 2 is 1.79 bits per heavy atom. The quantitative estimate of drug-likeness (QED) is 0.600. The molecule has 0 fully saturated rings. The highest BCUT2D eigenvalue weighted by Gasteiger charge is 2.13. The van der Waals surface area contributed by atoms with Gasteiger partial charge in [0.25, 0.3) is 0 Å². The minimum atomic E-state index is -0.740. The van der Waals surface area contributed by atoms with Crippen LogP contribution in [0, 0.1) is 11.6 Å². The number of hydrogen-bond acceptors (Lipinski definition) is 5. The van der Waals surface area contributed by atoms with Gasteiger partial charge in [-0.25, -0.2) is 19.6 Å². The van der Waals surface area contributed by atoms with Crippen LogP contribution in [-0.4, -0.2) is 9.97 Å². The molecule has 9 heteroatoms. The van der Waals surface area contributed by atoms with E-state index >= 15 is 0 Å². The Labute approximate surface area is 116 Å². The molecule has 100 valence electrons. The molecule has 0 aliphatic carbocycles. The van der Waals surface area contributed by atoms with E-state index in [1.54, 1.807) is 0 Å². The molecule has 0 saturated carbocycles. The van der Waals surface area contributed by atoms with Gasteiger partial charge in [-0.05, 0) is 12.1 Å². The number of rotatable bonds is 3. The Balaban J connectivity index is 2.41. The third-order valence-electron chi connectivity index (χ3n) is 2.12. The van der Waals surface area contributed by atoms with Crippen molar-refractivity contribution >= 4 is 40.7 Å². The van der Waals surface area contributed by atoms with Gasteiger partial charge in [0.2, 0.25) is 5.95 Å². The first kappa shape index (κ1) is 13.7. The van der Waals surface area contributed by atoms with Crippen molar-refractivity contribution < 1.29 is 8.78 Å². The molecular weight excluding hydrogens is 299 g/mol. The van der Waals surface area contributed by atoms with Crippen molar-refractivity contribution in [3.05, 3.63) is 40.0 Å². The third kappa shape index (κ3) is 3.01. The minimum Gasteiger partial charge on any atom is -0.335 e. The zero-order chi connectivity index (χ0) is 14.0. The van der Waals surface area contributed by atoms with Crippen molar-refractivity contribution in [3.8, 4) is 0 Å². The van der Waals surface area contributed by atoms with E-state index in [2.05, 4.69) is 20.7 Å².